The van der Waals surface area contributed by atoms with Crippen LogP contribution in [0.3, 0.4) is 0 Å². The second kappa shape index (κ2) is 7.92. The lowest BCUT2D eigenvalue weighted by Gasteiger charge is -2.33. The molecule has 2 atom stereocenters. The zero-order valence-corrected chi connectivity index (χ0v) is 17.6. The number of halogens is 4. The molecule has 0 fully saturated rings. The minimum absolute atomic E-state index is 0.0910. The summed E-state index contributed by atoms with van der Waals surface area (Å²) in [6.07, 6.45) is -4.77. The summed E-state index contributed by atoms with van der Waals surface area (Å²) in [5, 5.41) is 10.2. The van der Waals surface area contributed by atoms with E-state index in [4.69, 9.17) is 11.6 Å². The van der Waals surface area contributed by atoms with Crippen LogP contribution in [0.15, 0.2) is 48.5 Å². The van der Waals surface area contributed by atoms with Gasteiger partial charge in [0, 0.05) is 23.2 Å². The van der Waals surface area contributed by atoms with E-state index in [9.17, 15) is 18.0 Å². The van der Waals surface area contributed by atoms with Crippen LogP contribution in [0.4, 0.5) is 24.7 Å². The number of rotatable bonds is 3. The van der Waals surface area contributed by atoms with Crippen LogP contribution < -0.4 is 10.6 Å². The number of fused-ring (bicyclic) bond motifs is 1. The Labute approximate surface area is 182 Å². The van der Waals surface area contributed by atoms with Crippen LogP contribution in [0.25, 0.3) is 0 Å². The Balaban J connectivity index is 1.63. The third-order valence-electron chi connectivity index (χ3n) is 5.46. The maximum atomic E-state index is 13.8. The van der Waals surface area contributed by atoms with Gasteiger partial charge in [0.25, 0.3) is 5.91 Å². The van der Waals surface area contributed by atoms with Crippen molar-refractivity contribution >= 4 is 29.0 Å². The van der Waals surface area contributed by atoms with E-state index >= 15 is 0 Å². The van der Waals surface area contributed by atoms with Gasteiger partial charge < -0.3 is 10.6 Å². The average Bonchev–Trinajstić information content (AvgIpc) is 3.14. The van der Waals surface area contributed by atoms with Crippen molar-refractivity contribution < 1.29 is 18.0 Å². The van der Waals surface area contributed by atoms with Crippen molar-refractivity contribution in [2.24, 2.45) is 0 Å². The molecule has 0 spiro atoms. The van der Waals surface area contributed by atoms with Crippen LogP contribution in [0.5, 0.6) is 0 Å². The summed E-state index contributed by atoms with van der Waals surface area (Å²) in [6, 6.07) is 10.9. The predicted octanol–water partition coefficient (Wildman–Crippen LogP) is 6.07. The molecule has 0 saturated carbocycles. The van der Waals surface area contributed by atoms with Crippen molar-refractivity contribution in [1.82, 2.24) is 9.78 Å². The molecule has 5 nitrogen and oxygen atoms in total. The molecule has 0 unspecified atom stereocenters. The fraction of sp³-hybridized carbons (Fsp3) is 0.273. The van der Waals surface area contributed by atoms with Gasteiger partial charge in [-0.05, 0) is 54.8 Å². The molecule has 0 radical (unpaired) electrons. The van der Waals surface area contributed by atoms with Crippen LogP contribution in [-0.2, 0) is 0 Å². The first-order valence-electron chi connectivity index (χ1n) is 9.68. The molecular weight excluding hydrogens is 429 g/mol. The maximum Gasteiger partial charge on any atom is 0.410 e. The lowest BCUT2D eigenvalue weighted by molar-refractivity contribution is -0.173. The fourth-order valence-corrected chi connectivity index (χ4v) is 3.74. The van der Waals surface area contributed by atoms with Crippen LogP contribution >= 0.6 is 11.6 Å². The molecule has 0 aliphatic carbocycles. The Hall–Kier alpha value is -3.00. The van der Waals surface area contributed by atoms with Crippen molar-refractivity contribution in [2.75, 3.05) is 10.6 Å². The van der Waals surface area contributed by atoms with Gasteiger partial charge in [0.15, 0.2) is 11.7 Å². The molecule has 1 aromatic heterocycles. The molecular formula is C22H20ClF3N4O. The van der Waals surface area contributed by atoms with Crippen LogP contribution in [-0.4, -0.2) is 21.9 Å². The van der Waals surface area contributed by atoms with E-state index in [1.54, 1.807) is 36.4 Å². The number of aryl methyl sites for hydroxylation is 2. The quantitative estimate of drug-likeness (QED) is 0.511. The van der Waals surface area contributed by atoms with E-state index in [1.807, 2.05) is 19.9 Å². The highest BCUT2D eigenvalue weighted by Crippen LogP contribution is 2.43. The number of hydrogen-bond acceptors (Lipinski definition) is 3. The SMILES string of the molecule is Cc1ccc(NC(=O)c2cc3n(n2)[C@@H](C(F)(F)F)C[C@@H](c2ccc(Cl)cc2)N3)cc1C. The van der Waals surface area contributed by atoms with Gasteiger partial charge in [-0.15, -0.1) is 0 Å². The Morgan fingerprint density at radius 2 is 1.84 bits per heavy atom. The number of aromatic nitrogens is 2. The number of hydrogen-bond donors (Lipinski definition) is 2. The Kier molecular flexibility index (Phi) is 5.43. The maximum absolute atomic E-state index is 13.8. The van der Waals surface area contributed by atoms with E-state index in [0.717, 1.165) is 15.8 Å². The van der Waals surface area contributed by atoms with Crippen molar-refractivity contribution in [2.45, 2.75) is 38.5 Å². The van der Waals surface area contributed by atoms with E-state index in [-0.39, 0.29) is 17.9 Å². The lowest BCUT2D eigenvalue weighted by Crippen LogP contribution is -2.35. The number of alkyl halides is 3. The van der Waals surface area contributed by atoms with Gasteiger partial charge in [0.2, 0.25) is 0 Å². The number of nitrogens with one attached hydrogen (secondary N) is 2. The van der Waals surface area contributed by atoms with E-state index in [1.165, 1.54) is 6.07 Å². The van der Waals surface area contributed by atoms with Crippen LogP contribution in [0.2, 0.25) is 5.02 Å². The minimum Gasteiger partial charge on any atom is -0.363 e. The van der Waals surface area contributed by atoms with Gasteiger partial charge in [0.1, 0.15) is 5.82 Å². The molecule has 2 N–H and O–H groups in total. The summed E-state index contributed by atoms with van der Waals surface area (Å²) < 4.78 is 42.3. The smallest absolute Gasteiger partial charge is 0.363 e. The monoisotopic (exact) mass is 448 g/mol. The third kappa shape index (κ3) is 4.39. The first-order valence-corrected chi connectivity index (χ1v) is 10.1. The standard InChI is InChI=1S/C22H20ClF3N4O/c1-12-3-8-16(9-13(12)2)27-21(31)18-11-20-28-17(14-4-6-15(23)7-5-14)10-19(22(24,25)26)30(20)29-18/h3-9,11,17,19,28H,10H2,1-2H3,(H,27,31)/t17-,19+/m0/s1. The summed E-state index contributed by atoms with van der Waals surface area (Å²) in [5.74, 6) is -0.435. The number of carbonyl (C=O) groups excluding carboxylic acids is 1. The molecule has 31 heavy (non-hydrogen) atoms. The predicted molar refractivity (Wildman–Crippen MR) is 114 cm³/mol. The molecule has 1 amide bonds. The highest BCUT2D eigenvalue weighted by atomic mass is 35.5. The van der Waals surface area contributed by atoms with Crippen molar-refractivity contribution in [3.63, 3.8) is 0 Å². The van der Waals surface area contributed by atoms with Crippen molar-refractivity contribution in [3.05, 3.63) is 75.9 Å². The molecule has 2 aromatic carbocycles. The summed E-state index contributed by atoms with van der Waals surface area (Å²) in [4.78, 5) is 12.7. The van der Waals surface area contributed by atoms with Gasteiger partial charge in [-0.3, -0.25) is 4.79 Å². The van der Waals surface area contributed by atoms with Crippen molar-refractivity contribution in [1.29, 1.82) is 0 Å². The van der Waals surface area contributed by atoms with E-state index < -0.39 is 24.2 Å². The van der Waals surface area contributed by atoms with Gasteiger partial charge in [-0.1, -0.05) is 29.8 Å². The number of benzene rings is 2. The van der Waals surface area contributed by atoms with Crippen molar-refractivity contribution in [3.8, 4) is 0 Å². The van der Waals surface area contributed by atoms with Gasteiger partial charge in [-0.25, -0.2) is 4.68 Å². The first kappa shape index (κ1) is 21.2. The summed E-state index contributed by atoms with van der Waals surface area (Å²) >= 11 is 5.90. The van der Waals surface area contributed by atoms with Gasteiger partial charge >= 0.3 is 6.18 Å². The van der Waals surface area contributed by atoms with Crippen LogP contribution in [0, 0.1) is 13.8 Å². The Morgan fingerprint density at radius 3 is 2.48 bits per heavy atom. The second-order valence-corrected chi connectivity index (χ2v) is 8.09. The third-order valence-corrected chi connectivity index (χ3v) is 5.71. The fourth-order valence-electron chi connectivity index (χ4n) is 3.61. The highest BCUT2D eigenvalue weighted by Gasteiger charge is 2.46. The van der Waals surface area contributed by atoms with E-state index in [2.05, 4.69) is 15.7 Å². The van der Waals surface area contributed by atoms with Crippen LogP contribution in [0.1, 0.15) is 45.7 Å². The summed E-state index contributed by atoms with van der Waals surface area (Å²) in [5.41, 5.74) is 3.20. The molecule has 1 aliphatic heterocycles. The Morgan fingerprint density at radius 1 is 1.13 bits per heavy atom. The zero-order valence-electron chi connectivity index (χ0n) is 16.8. The highest BCUT2D eigenvalue weighted by molar-refractivity contribution is 6.30. The van der Waals surface area contributed by atoms with Gasteiger partial charge in [0.05, 0.1) is 6.04 Å². The molecule has 0 saturated heterocycles. The lowest BCUT2D eigenvalue weighted by atomic mass is 9.97. The molecule has 162 valence electrons. The molecule has 2 heterocycles. The number of amides is 1. The first-order chi connectivity index (χ1) is 14.6. The Bertz CT molecular complexity index is 1120. The number of anilines is 2. The molecule has 0 bridgehead atoms. The normalized spacial score (nSPS) is 18.3. The molecule has 1 aliphatic rings. The molecule has 9 heteroatoms. The number of carbonyl (C=O) groups is 1. The average molecular weight is 449 g/mol. The summed E-state index contributed by atoms with van der Waals surface area (Å²) in [7, 11) is 0. The topological polar surface area (TPSA) is 59.0 Å². The molecule has 3 aromatic rings. The largest absolute Gasteiger partial charge is 0.410 e. The minimum atomic E-state index is -4.52. The van der Waals surface area contributed by atoms with E-state index in [0.29, 0.717) is 16.3 Å². The second-order valence-electron chi connectivity index (χ2n) is 7.65. The summed E-state index contributed by atoms with van der Waals surface area (Å²) in [6.45, 7) is 3.86. The number of nitrogens with zero attached hydrogens (tertiary/aromatic N) is 2. The van der Waals surface area contributed by atoms with Gasteiger partial charge in [-0.2, -0.15) is 18.3 Å². The molecule has 4 rings (SSSR count). The zero-order chi connectivity index (χ0) is 22.3.